The Balaban J connectivity index is 1.16. The minimum absolute atomic E-state index is 0.171. The maximum Gasteiger partial charge on any atom is 0.145 e. The monoisotopic (exact) mass is 792 g/mol. The molecule has 3 nitrogen and oxygen atoms in total. The highest BCUT2D eigenvalue weighted by atomic mass is 16.3. The van der Waals surface area contributed by atoms with Crippen LogP contribution < -0.4 is 4.90 Å². The predicted molar refractivity (Wildman–Crippen MR) is 261 cm³/mol. The van der Waals surface area contributed by atoms with Gasteiger partial charge in [-0.3, -0.25) is 0 Å². The van der Waals surface area contributed by atoms with Crippen molar-refractivity contribution in [2.45, 2.75) is 19.3 Å². The van der Waals surface area contributed by atoms with Crippen molar-refractivity contribution >= 4 is 82.4 Å². The van der Waals surface area contributed by atoms with E-state index in [0.29, 0.717) is 0 Å². The minimum Gasteiger partial charge on any atom is -0.455 e. The van der Waals surface area contributed by atoms with E-state index in [2.05, 4.69) is 230 Å². The second-order valence-corrected chi connectivity index (χ2v) is 17.2. The maximum atomic E-state index is 7.10. The Morgan fingerprint density at radius 3 is 1.98 bits per heavy atom. The van der Waals surface area contributed by atoms with Gasteiger partial charge >= 0.3 is 0 Å². The van der Waals surface area contributed by atoms with Crippen LogP contribution in [0.4, 0.5) is 17.1 Å². The molecular formula is C59H40N2O. The average Bonchev–Trinajstić information content (AvgIpc) is 3.95. The number of benzene rings is 10. The molecule has 12 aromatic rings. The number of para-hydroxylation sites is 3. The van der Waals surface area contributed by atoms with Crippen molar-refractivity contribution in [2.75, 3.05) is 4.90 Å². The molecule has 62 heavy (non-hydrogen) atoms. The Morgan fingerprint density at radius 1 is 0.435 bits per heavy atom. The van der Waals surface area contributed by atoms with Crippen LogP contribution in [-0.2, 0) is 5.41 Å². The molecule has 2 heterocycles. The highest BCUT2D eigenvalue weighted by molar-refractivity contribution is 6.22. The molecule has 0 radical (unpaired) electrons. The van der Waals surface area contributed by atoms with Crippen molar-refractivity contribution in [1.29, 1.82) is 0 Å². The quantitative estimate of drug-likeness (QED) is 0.162. The van der Waals surface area contributed by atoms with Crippen LogP contribution in [0.3, 0.4) is 0 Å². The third-order valence-corrected chi connectivity index (χ3v) is 13.6. The van der Waals surface area contributed by atoms with Crippen LogP contribution in [0.15, 0.2) is 211 Å². The second kappa shape index (κ2) is 13.1. The Morgan fingerprint density at radius 2 is 1.11 bits per heavy atom. The molecule has 1 aliphatic rings. The molecule has 3 heteroatoms. The van der Waals surface area contributed by atoms with E-state index in [0.717, 1.165) is 61.3 Å². The van der Waals surface area contributed by atoms with Gasteiger partial charge in [0, 0.05) is 44.1 Å². The van der Waals surface area contributed by atoms with Crippen molar-refractivity contribution in [2.24, 2.45) is 0 Å². The molecular weight excluding hydrogens is 753 g/mol. The lowest BCUT2D eigenvalue weighted by atomic mass is 9.82. The number of hydrogen-bond donors (Lipinski definition) is 0. The molecule has 0 saturated heterocycles. The molecule has 292 valence electrons. The molecule has 0 fully saturated rings. The van der Waals surface area contributed by atoms with Crippen LogP contribution in [0.25, 0.3) is 93.2 Å². The number of furan rings is 1. The summed E-state index contributed by atoms with van der Waals surface area (Å²) in [5.41, 5.74) is 15.8. The van der Waals surface area contributed by atoms with Crippen molar-refractivity contribution < 1.29 is 4.42 Å². The van der Waals surface area contributed by atoms with E-state index in [4.69, 9.17) is 4.42 Å². The van der Waals surface area contributed by atoms with Crippen LogP contribution in [0.5, 0.6) is 0 Å². The molecule has 0 N–H and O–H groups in total. The molecule has 0 unspecified atom stereocenters. The van der Waals surface area contributed by atoms with Crippen LogP contribution in [0.2, 0.25) is 0 Å². The summed E-state index contributed by atoms with van der Waals surface area (Å²) in [7, 11) is 0. The predicted octanol–water partition coefficient (Wildman–Crippen LogP) is 16.4. The van der Waals surface area contributed by atoms with Crippen LogP contribution in [0, 0.1) is 0 Å². The van der Waals surface area contributed by atoms with E-state index < -0.39 is 0 Å². The lowest BCUT2D eigenvalue weighted by molar-refractivity contribution is 0.660. The first-order chi connectivity index (χ1) is 30.5. The van der Waals surface area contributed by atoms with Gasteiger partial charge in [-0.2, -0.15) is 0 Å². The van der Waals surface area contributed by atoms with Gasteiger partial charge in [-0.05, 0) is 104 Å². The first-order valence-corrected chi connectivity index (χ1v) is 21.5. The van der Waals surface area contributed by atoms with Crippen molar-refractivity contribution in [3.63, 3.8) is 0 Å². The zero-order valence-electron chi connectivity index (χ0n) is 34.4. The largest absolute Gasteiger partial charge is 0.455 e. The van der Waals surface area contributed by atoms with Crippen molar-refractivity contribution in [3.8, 4) is 27.9 Å². The van der Waals surface area contributed by atoms with Crippen LogP contribution >= 0.6 is 0 Å². The van der Waals surface area contributed by atoms with Gasteiger partial charge < -0.3 is 13.9 Å². The molecule has 2 aromatic heterocycles. The van der Waals surface area contributed by atoms with Crippen LogP contribution in [-0.4, -0.2) is 4.57 Å². The highest BCUT2D eigenvalue weighted by Crippen LogP contribution is 2.56. The third kappa shape index (κ3) is 4.88. The zero-order chi connectivity index (χ0) is 41.1. The third-order valence-electron chi connectivity index (χ3n) is 13.6. The number of nitrogens with zero attached hydrogens (tertiary/aromatic N) is 2. The van der Waals surface area contributed by atoms with Crippen molar-refractivity contribution in [1.82, 2.24) is 4.57 Å². The van der Waals surface area contributed by atoms with E-state index >= 15 is 0 Å². The van der Waals surface area contributed by atoms with Gasteiger partial charge in [0.25, 0.3) is 0 Å². The number of fused-ring (bicyclic) bond motifs is 12. The topological polar surface area (TPSA) is 21.3 Å². The van der Waals surface area contributed by atoms with E-state index in [-0.39, 0.29) is 5.41 Å². The lowest BCUT2D eigenvalue weighted by Crippen LogP contribution is -2.16. The van der Waals surface area contributed by atoms with Gasteiger partial charge in [0.1, 0.15) is 11.2 Å². The normalized spacial score (nSPS) is 13.1. The first kappa shape index (κ1) is 34.9. The summed E-state index contributed by atoms with van der Waals surface area (Å²) >= 11 is 0. The Bertz CT molecular complexity index is 3790. The summed E-state index contributed by atoms with van der Waals surface area (Å²) in [4.78, 5) is 2.51. The fourth-order valence-electron chi connectivity index (χ4n) is 10.8. The zero-order valence-corrected chi connectivity index (χ0v) is 34.4. The Kier molecular flexibility index (Phi) is 7.36. The van der Waals surface area contributed by atoms with Gasteiger partial charge in [-0.15, -0.1) is 0 Å². The van der Waals surface area contributed by atoms with Crippen molar-refractivity contribution in [3.05, 3.63) is 217 Å². The number of aromatic nitrogens is 1. The second-order valence-electron chi connectivity index (χ2n) is 17.2. The van der Waals surface area contributed by atoms with Gasteiger partial charge in [0.15, 0.2) is 0 Å². The van der Waals surface area contributed by atoms with Gasteiger partial charge in [-0.25, -0.2) is 0 Å². The maximum absolute atomic E-state index is 7.10. The average molecular weight is 793 g/mol. The molecule has 13 rings (SSSR count). The first-order valence-electron chi connectivity index (χ1n) is 21.5. The summed E-state index contributed by atoms with van der Waals surface area (Å²) in [6, 6.07) is 75.4. The fraction of sp³-hybridized carbons (Fsp3) is 0.0508. The van der Waals surface area contributed by atoms with Crippen LogP contribution in [0.1, 0.15) is 25.0 Å². The standard InChI is InChI=1S/C59H40N2O/c1-59(2)49-26-13-10-24-46(49)56-50(59)27-16-29-52(56)61(39-31-32-44-43-23-11-14-28-51(43)60(54(44)36-39)38-18-4-3-5-19-38)53-34-33-45(58-57(53)47-25-12-15-30-55(47)62-58)48-35-37-17-6-7-20-40(37)41-21-8-9-22-42(41)48/h3-36H,1-2H3. The number of hydrogen-bond acceptors (Lipinski definition) is 2. The fourth-order valence-corrected chi connectivity index (χ4v) is 10.8. The van der Waals surface area contributed by atoms with E-state index in [1.54, 1.807) is 0 Å². The minimum atomic E-state index is -0.171. The Labute approximate surface area is 359 Å². The lowest BCUT2D eigenvalue weighted by Gasteiger charge is -2.30. The SMILES string of the molecule is CC1(C)c2ccccc2-c2c(N(c3ccc4c5ccccc5n(-c5ccccc5)c4c3)c3ccc(-c4cc5ccccc5c5ccccc45)c4oc5ccccc5c34)cccc21. The van der Waals surface area contributed by atoms with Gasteiger partial charge in [-0.1, -0.05) is 159 Å². The number of anilines is 3. The van der Waals surface area contributed by atoms with Gasteiger partial charge in [0.05, 0.1) is 27.8 Å². The summed E-state index contributed by atoms with van der Waals surface area (Å²) in [6.45, 7) is 4.72. The summed E-state index contributed by atoms with van der Waals surface area (Å²) in [5, 5.41) is 9.52. The van der Waals surface area contributed by atoms with Gasteiger partial charge in [0.2, 0.25) is 0 Å². The highest BCUT2D eigenvalue weighted by Gasteiger charge is 2.38. The van der Waals surface area contributed by atoms with E-state index in [9.17, 15) is 0 Å². The number of rotatable bonds is 5. The summed E-state index contributed by atoms with van der Waals surface area (Å²) in [6.07, 6.45) is 0. The molecule has 1 aliphatic carbocycles. The molecule has 0 amide bonds. The smallest absolute Gasteiger partial charge is 0.145 e. The Hall–Kier alpha value is -7.88. The molecule has 0 bridgehead atoms. The molecule has 0 spiro atoms. The summed E-state index contributed by atoms with van der Waals surface area (Å²) < 4.78 is 9.51. The molecule has 10 aromatic carbocycles. The molecule has 0 saturated carbocycles. The molecule has 0 atom stereocenters. The summed E-state index contributed by atoms with van der Waals surface area (Å²) in [5.74, 6) is 0. The molecule has 0 aliphatic heterocycles. The van der Waals surface area contributed by atoms with E-state index in [1.807, 2.05) is 0 Å². The van der Waals surface area contributed by atoms with E-state index in [1.165, 1.54) is 60.1 Å².